The molecule has 0 bridgehead atoms. The minimum Gasteiger partial charge on any atom is -0.478 e. The van der Waals surface area contributed by atoms with E-state index in [4.69, 9.17) is 15.3 Å². The normalized spacial score (nSPS) is 10.7. The molecular formula is C23H17NO25S. The molecule has 0 spiro atoms. The van der Waals surface area contributed by atoms with Gasteiger partial charge in [0.1, 0.15) is 5.01 Å². The molecule has 50 heavy (non-hydrogen) atoms. The number of benzene rings is 3. The van der Waals surface area contributed by atoms with E-state index in [0.29, 0.717) is 0 Å². The van der Waals surface area contributed by atoms with Gasteiger partial charge < -0.3 is 5.11 Å². The number of hydrogen-bond acceptors (Lipinski definition) is 26. The molecule has 4 rings (SSSR count). The van der Waals surface area contributed by atoms with Crippen LogP contribution >= 0.6 is 11.3 Å². The molecule has 0 saturated carbocycles. The lowest BCUT2D eigenvalue weighted by Crippen LogP contribution is -2.05. The lowest BCUT2D eigenvalue weighted by Gasteiger charge is -2.04. The lowest BCUT2D eigenvalue weighted by atomic mass is 10.0. The maximum atomic E-state index is 11.2. The molecule has 0 aliphatic carbocycles. The van der Waals surface area contributed by atoms with Gasteiger partial charge in [-0.15, -0.1) is 11.3 Å². The smallest absolute Gasteiger partial charge is 0.335 e. The number of thiazole rings is 1. The molecule has 26 nitrogen and oxygen atoms in total. The summed E-state index contributed by atoms with van der Waals surface area (Å²) in [7, 11) is 0. The Labute approximate surface area is 277 Å². The predicted octanol–water partition coefficient (Wildman–Crippen LogP) is 4.11. The molecule has 27 heteroatoms. The van der Waals surface area contributed by atoms with E-state index in [0.717, 1.165) is 27.4 Å². The van der Waals surface area contributed by atoms with Crippen LogP contribution in [-0.4, -0.2) is 27.8 Å². The number of hydrogen-bond donors (Lipinski definition) is 2. The van der Waals surface area contributed by atoms with Crippen LogP contribution in [-0.2, 0) is 110 Å². The highest BCUT2D eigenvalue weighted by atomic mass is 32.1. The Kier molecular flexibility index (Phi) is 20.2. The Hall–Kier alpha value is -4.61. The average Bonchev–Trinajstić information content (AvgIpc) is 3.66. The number of carbonyl (C=O) groups excluding carboxylic acids is 1. The lowest BCUT2D eigenvalue weighted by molar-refractivity contribution is -0.896. The van der Waals surface area contributed by atoms with Gasteiger partial charge in [0.05, 0.1) is 11.3 Å². The summed E-state index contributed by atoms with van der Waals surface area (Å²) in [5.41, 5.74) is 5.34. The van der Waals surface area contributed by atoms with Crippen molar-refractivity contribution in [3.05, 3.63) is 89.8 Å². The summed E-state index contributed by atoms with van der Waals surface area (Å²) < 4.78 is 0. The van der Waals surface area contributed by atoms with Crippen LogP contribution in [0, 0.1) is 0 Å². The molecule has 0 aliphatic heterocycles. The van der Waals surface area contributed by atoms with E-state index in [-0.39, 0.29) is 12.0 Å². The Bertz CT molecular complexity index is 1500. The Morgan fingerprint density at radius 3 is 1.58 bits per heavy atom. The summed E-state index contributed by atoms with van der Waals surface area (Å²) in [6.45, 7) is -0.158. The first kappa shape index (κ1) is 39.8. The molecule has 270 valence electrons. The summed E-state index contributed by atoms with van der Waals surface area (Å²) in [4.78, 5) is 28.8. The number of carbonyl (C=O) groups is 2. The molecule has 0 atom stereocenters. The van der Waals surface area contributed by atoms with Crippen molar-refractivity contribution in [1.29, 1.82) is 0 Å². The van der Waals surface area contributed by atoms with Crippen molar-refractivity contribution in [3.8, 4) is 33.0 Å². The van der Waals surface area contributed by atoms with Gasteiger partial charge in [0.2, 0.25) is 0 Å². The number of carboxylic acid groups (broad SMARTS) is 1. The third-order valence-corrected chi connectivity index (χ3v) is 5.63. The monoisotopic (exact) mass is 739 g/mol. The van der Waals surface area contributed by atoms with Crippen LogP contribution in [0.5, 0.6) is 0 Å². The third-order valence-electron chi connectivity index (χ3n) is 4.74. The van der Waals surface area contributed by atoms with E-state index in [1.165, 1.54) is 16.9 Å². The molecule has 3 aromatic carbocycles. The van der Waals surface area contributed by atoms with Crippen LogP contribution in [0.3, 0.4) is 0 Å². The van der Waals surface area contributed by atoms with Crippen LogP contribution in [0.4, 0.5) is 0 Å². The number of nitrogens with zero attached hydrogens (tertiary/aromatic N) is 1. The van der Waals surface area contributed by atoms with Crippen molar-refractivity contribution in [2.24, 2.45) is 0 Å². The van der Waals surface area contributed by atoms with Crippen molar-refractivity contribution in [2.75, 3.05) is 0 Å². The van der Waals surface area contributed by atoms with Gasteiger partial charge in [-0.05, 0) is 69.6 Å². The van der Waals surface area contributed by atoms with Crippen LogP contribution in [0.25, 0.3) is 33.0 Å². The van der Waals surface area contributed by atoms with Crippen LogP contribution in [0.2, 0.25) is 0 Å². The first-order valence-corrected chi connectivity index (χ1v) is 13.0. The minimum atomic E-state index is -0.931. The average molecular weight is 739 g/mol. The summed E-state index contributed by atoms with van der Waals surface area (Å²) in [6, 6.07) is 25.4. The first-order chi connectivity index (χ1) is 24.6. The van der Waals surface area contributed by atoms with E-state index < -0.39 is 5.97 Å². The van der Waals surface area contributed by atoms with Crippen molar-refractivity contribution in [2.45, 2.75) is 0 Å². The molecule has 0 amide bonds. The van der Waals surface area contributed by atoms with Crippen LogP contribution in [0.1, 0.15) is 10.4 Å². The summed E-state index contributed by atoms with van der Waals surface area (Å²) in [5, 5.41) is 87.7. The fraction of sp³-hybridized carbons (Fsp3) is 0. The Balaban J connectivity index is 0.000000272. The van der Waals surface area contributed by atoms with Crippen LogP contribution in [0.15, 0.2) is 84.2 Å². The maximum Gasteiger partial charge on any atom is 0.335 e. The number of aromatic carboxylic acids is 1. The highest BCUT2D eigenvalue weighted by Crippen LogP contribution is 2.31. The molecular weight excluding hydrogens is 722 g/mol. The molecule has 4 aromatic rings. The van der Waals surface area contributed by atoms with Crippen molar-refractivity contribution in [1.82, 2.24) is 4.98 Å². The molecule has 1 aromatic heterocycles. The predicted molar refractivity (Wildman–Crippen MR) is 137 cm³/mol. The molecule has 0 fully saturated rings. The van der Waals surface area contributed by atoms with Gasteiger partial charge in [0.15, 0.2) is 0 Å². The topological polar surface area (TPSA) is 281 Å². The largest absolute Gasteiger partial charge is 0.478 e. The number of carboxylic acids is 1. The zero-order valence-electron chi connectivity index (χ0n) is 23.8. The highest BCUT2D eigenvalue weighted by Gasteiger charge is 2.10. The first-order valence-electron chi connectivity index (χ1n) is 12.1. The van der Waals surface area contributed by atoms with E-state index >= 15 is 0 Å². The number of aromatic nitrogens is 1. The SMILES string of the molecule is O=C(O)c1cccc(-c2nc(-c3cccc(-c4ccccc4)c3)cs2)c1.O=COOOOOOOOOOOOOOOOOOOOOO. The summed E-state index contributed by atoms with van der Waals surface area (Å²) in [6.07, 6.45) is 0. The zero-order chi connectivity index (χ0) is 35.5. The zero-order valence-corrected chi connectivity index (χ0v) is 24.6. The quantitative estimate of drug-likeness (QED) is 0.0418. The molecule has 0 radical (unpaired) electrons. The summed E-state index contributed by atoms with van der Waals surface area (Å²) >= 11 is 1.52. The Morgan fingerprint density at radius 1 is 0.560 bits per heavy atom. The molecule has 0 aliphatic rings. The van der Waals surface area contributed by atoms with Gasteiger partial charge in [-0.2, -0.15) is 0 Å². The highest BCUT2D eigenvalue weighted by molar-refractivity contribution is 7.13. The fourth-order valence-corrected chi connectivity index (χ4v) is 3.88. The second-order valence-corrected chi connectivity index (χ2v) is 8.29. The molecule has 2 N–H and O–H groups in total. The molecule has 0 saturated heterocycles. The molecule has 1 heterocycles. The summed E-state index contributed by atoms with van der Waals surface area (Å²) in [5.74, 6) is -0.931. The third kappa shape index (κ3) is 16.2. The van der Waals surface area contributed by atoms with Gasteiger partial charge in [0, 0.05) is 77.0 Å². The van der Waals surface area contributed by atoms with Crippen molar-refractivity contribution < 1.29 is 126 Å². The van der Waals surface area contributed by atoms with Gasteiger partial charge in [-0.1, -0.05) is 60.7 Å². The van der Waals surface area contributed by atoms with Crippen LogP contribution < -0.4 is 0 Å². The van der Waals surface area contributed by atoms with E-state index in [9.17, 15) is 9.59 Å². The second-order valence-electron chi connectivity index (χ2n) is 7.43. The van der Waals surface area contributed by atoms with E-state index in [2.05, 4.69) is 130 Å². The van der Waals surface area contributed by atoms with Gasteiger partial charge in [-0.25, -0.2) is 15.0 Å². The van der Waals surface area contributed by atoms with Crippen molar-refractivity contribution in [3.63, 3.8) is 0 Å². The fourth-order valence-electron chi connectivity index (χ4n) is 3.05. The van der Waals surface area contributed by atoms with E-state index in [1.807, 2.05) is 41.8 Å². The minimum absolute atomic E-state index is 0.158. The molecule has 0 unspecified atom stereocenters. The Morgan fingerprint density at radius 2 is 1.04 bits per heavy atom. The maximum absolute atomic E-state index is 11.2. The number of rotatable bonds is 25. The van der Waals surface area contributed by atoms with Gasteiger partial charge >= 0.3 is 12.4 Å². The second kappa shape index (κ2) is 25.4. The van der Waals surface area contributed by atoms with Gasteiger partial charge in [0.25, 0.3) is 0 Å². The van der Waals surface area contributed by atoms with Gasteiger partial charge in [-0.3, -0.25) is 9.68 Å². The van der Waals surface area contributed by atoms with Crippen molar-refractivity contribution >= 4 is 23.8 Å². The standard InChI is InChI=1S/C22H15NO2S.CH2O23/c24-22(25)19-11-5-10-18(13-19)21-23-20(14-26-21)17-9-4-8-16(12-17)15-6-2-1-3-7-15;2-1-4-6-8-10-12-14-16-18-20-22-24-23-21-19-17-15-13-11-9-7-5-3/h1-14H,(H,24,25);1,3H. The van der Waals surface area contributed by atoms with E-state index in [1.54, 1.807) is 18.2 Å².